The smallest absolute Gasteiger partial charge is 0.334 e. The number of carbonyl (C=O) groups excluding carboxylic acids is 3. The lowest BCUT2D eigenvalue weighted by molar-refractivity contribution is -0.137. The number of benzene rings is 1. The third kappa shape index (κ3) is 7.90. The van der Waals surface area contributed by atoms with Gasteiger partial charge in [-0.1, -0.05) is 25.1 Å². The number of anilines is 1. The summed E-state index contributed by atoms with van der Waals surface area (Å²) in [6.45, 7) is 4.95. The lowest BCUT2D eigenvalue weighted by Crippen LogP contribution is -2.46. The Labute approximate surface area is 154 Å². The van der Waals surface area contributed by atoms with E-state index in [0.29, 0.717) is 0 Å². The number of hydrogen-bond acceptors (Lipinski definition) is 4. The summed E-state index contributed by atoms with van der Waals surface area (Å²) in [5, 5.41) is 6.63. The van der Waals surface area contributed by atoms with E-state index in [1.165, 1.54) is 23.1 Å². The van der Waals surface area contributed by atoms with Crippen LogP contribution >= 0.6 is 0 Å². The molecule has 0 unspecified atom stereocenters. The van der Waals surface area contributed by atoms with E-state index in [9.17, 15) is 27.6 Å². The van der Waals surface area contributed by atoms with Crippen LogP contribution in [0.5, 0.6) is 0 Å². The predicted octanol–water partition coefficient (Wildman–Crippen LogP) is 1.98. The first-order valence-electron chi connectivity index (χ1n) is 8.04. The van der Waals surface area contributed by atoms with Crippen molar-refractivity contribution in [1.29, 1.82) is 0 Å². The number of alkyl halides is 3. The first-order chi connectivity index (χ1) is 12.7. The highest BCUT2D eigenvalue weighted by Crippen LogP contribution is 2.34. The van der Waals surface area contributed by atoms with Crippen molar-refractivity contribution in [2.75, 3.05) is 31.5 Å². The van der Waals surface area contributed by atoms with Crippen LogP contribution in [-0.2, 0) is 15.8 Å². The van der Waals surface area contributed by atoms with Crippen LogP contribution in [0, 0.1) is 0 Å². The molecule has 0 atom stereocenters. The maximum absolute atomic E-state index is 13.0. The van der Waals surface area contributed by atoms with Crippen LogP contribution < -0.4 is 16.0 Å². The van der Waals surface area contributed by atoms with E-state index in [2.05, 4.69) is 22.5 Å². The van der Waals surface area contributed by atoms with Crippen molar-refractivity contribution in [3.05, 3.63) is 42.5 Å². The molecule has 0 radical (unpaired) electrons. The zero-order valence-electron chi connectivity index (χ0n) is 14.7. The Morgan fingerprint density at radius 2 is 1.78 bits per heavy atom. The van der Waals surface area contributed by atoms with Gasteiger partial charge in [-0.15, -0.1) is 6.58 Å². The number of nitrogens with one attached hydrogen (secondary N) is 3. The molecule has 10 heteroatoms. The molecule has 0 fully saturated rings. The fraction of sp³-hybridized carbons (Fsp3) is 0.353. The van der Waals surface area contributed by atoms with Gasteiger partial charge < -0.3 is 10.6 Å². The number of halogens is 3. The number of hydrogen-bond donors (Lipinski definition) is 3. The second-order valence-electron chi connectivity index (χ2n) is 5.44. The number of carbonyl (C=O) groups is 3. The van der Waals surface area contributed by atoms with E-state index < -0.39 is 29.6 Å². The summed E-state index contributed by atoms with van der Waals surface area (Å²) < 4.78 is 38.9. The van der Waals surface area contributed by atoms with E-state index in [1.54, 1.807) is 6.92 Å². The molecule has 0 aromatic heterocycles. The van der Waals surface area contributed by atoms with Gasteiger partial charge in [0.05, 0.1) is 24.3 Å². The van der Waals surface area contributed by atoms with Crippen molar-refractivity contribution >= 4 is 23.5 Å². The fourth-order valence-electron chi connectivity index (χ4n) is 2.09. The van der Waals surface area contributed by atoms with Gasteiger partial charge in [0.2, 0.25) is 11.8 Å². The van der Waals surface area contributed by atoms with Gasteiger partial charge in [0.25, 0.3) is 0 Å². The topological polar surface area (TPSA) is 90.5 Å². The van der Waals surface area contributed by atoms with Crippen LogP contribution in [0.1, 0.15) is 12.5 Å². The molecule has 148 valence electrons. The highest BCUT2D eigenvalue weighted by Gasteiger charge is 2.33. The minimum atomic E-state index is -4.60. The number of imide groups is 1. The highest BCUT2D eigenvalue weighted by molar-refractivity contribution is 5.96. The fourth-order valence-corrected chi connectivity index (χ4v) is 2.09. The highest BCUT2D eigenvalue weighted by atomic mass is 19.4. The molecule has 3 N–H and O–H groups in total. The lowest BCUT2D eigenvalue weighted by Gasteiger charge is -2.20. The molecule has 0 saturated heterocycles. The molecule has 1 rings (SSSR count). The van der Waals surface area contributed by atoms with Gasteiger partial charge >= 0.3 is 12.2 Å². The summed E-state index contributed by atoms with van der Waals surface area (Å²) in [5.74, 6) is -1.36. The quantitative estimate of drug-likeness (QED) is 0.596. The van der Waals surface area contributed by atoms with Crippen molar-refractivity contribution in [1.82, 2.24) is 15.5 Å². The van der Waals surface area contributed by atoms with Gasteiger partial charge in [-0.25, -0.2) is 4.79 Å². The normalized spacial score (nSPS) is 11.0. The summed E-state index contributed by atoms with van der Waals surface area (Å²) in [4.78, 5) is 36.6. The maximum Gasteiger partial charge on any atom is 0.418 e. The van der Waals surface area contributed by atoms with E-state index in [1.807, 2.05) is 0 Å². The number of nitrogens with zero attached hydrogens (tertiary/aromatic N) is 1. The minimum absolute atomic E-state index is 0.178. The second kappa shape index (κ2) is 10.3. The molecule has 7 nitrogen and oxygen atoms in total. The van der Waals surface area contributed by atoms with Crippen LogP contribution in [0.4, 0.5) is 23.7 Å². The molecule has 27 heavy (non-hydrogen) atoms. The Hall–Kier alpha value is -2.88. The number of likely N-dealkylation sites (N-methyl/N-ethyl adjacent to an activating group) is 1. The molecule has 0 spiro atoms. The summed E-state index contributed by atoms with van der Waals surface area (Å²) in [6.07, 6.45) is -3.17. The monoisotopic (exact) mass is 386 g/mol. The average Bonchev–Trinajstić information content (AvgIpc) is 2.58. The Morgan fingerprint density at radius 1 is 1.15 bits per heavy atom. The zero-order valence-corrected chi connectivity index (χ0v) is 14.7. The Balaban J connectivity index is 2.63. The Bertz CT molecular complexity index is 692. The van der Waals surface area contributed by atoms with Gasteiger partial charge in [0.1, 0.15) is 0 Å². The molecule has 0 heterocycles. The standard InChI is InChI=1S/C17H21F3N4O3/c1-3-9-21-16(27)23-15(26)11-24(4-2)10-14(25)22-13-8-6-5-7-12(13)17(18,19)20/h3,5-8H,1,4,9-11H2,2H3,(H,22,25)(H2,21,23,26,27). The summed E-state index contributed by atoms with van der Waals surface area (Å²) in [5.41, 5.74) is -1.32. The third-order valence-electron chi connectivity index (χ3n) is 3.35. The molecular formula is C17H21F3N4O3. The average molecular weight is 386 g/mol. The van der Waals surface area contributed by atoms with E-state index >= 15 is 0 Å². The van der Waals surface area contributed by atoms with Crippen LogP contribution in [0.15, 0.2) is 36.9 Å². The molecule has 0 saturated carbocycles. The van der Waals surface area contributed by atoms with Gasteiger partial charge in [-0.3, -0.25) is 19.8 Å². The molecule has 1 aromatic rings. The minimum Gasteiger partial charge on any atom is -0.334 e. The summed E-state index contributed by atoms with van der Waals surface area (Å²) >= 11 is 0. The van der Waals surface area contributed by atoms with Crippen molar-refractivity contribution in [2.45, 2.75) is 13.1 Å². The van der Waals surface area contributed by atoms with E-state index in [4.69, 9.17) is 0 Å². The van der Waals surface area contributed by atoms with Gasteiger partial charge in [-0.2, -0.15) is 13.2 Å². The van der Waals surface area contributed by atoms with E-state index in [-0.39, 0.29) is 31.9 Å². The van der Waals surface area contributed by atoms with Crippen LogP contribution in [0.2, 0.25) is 0 Å². The van der Waals surface area contributed by atoms with Crippen LogP contribution in [0.25, 0.3) is 0 Å². The predicted molar refractivity (Wildman–Crippen MR) is 93.9 cm³/mol. The molecular weight excluding hydrogens is 365 g/mol. The first kappa shape index (κ1) is 22.2. The SMILES string of the molecule is C=CCNC(=O)NC(=O)CN(CC)CC(=O)Nc1ccccc1C(F)(F)F. The first-order valence-corrected chi connectivity index (χ1v) is 8.04. The van der Waals surface area contributed by atoms with Gasteiger partial charge in [0.15, 0.2) is 0 Å². The van der Waals surface area contributed by atoms with Crippen molar-refractivity contribution in [2.24, 2.45) is 0 Å². The maximum atomic E-state index is 13.0. The summed E-state index contributed by atoms with van der Waals surface area (Å²) in [7, 11) is 0. The molecule has 0 aliphatic heterocycles. The summed E-state index contributed by atoms with van der Waals surface area (Å²) in [6, 6.07) is 3.89. The van der Waals surface area contributed by atoms with Gasteiger partial charge in [-0.05, 0) is 18.7 Å². The van der Waals surface area contributed by atoms with Crippen molar-refractivity contribution in [3.8, 4) is 0 Å². The largest absolute Gasteiger partial charge is 0.418 e. The second-order valence-corrected chi connectivity index (χ2v) is 5.44. The molecule has 1 aromatic carbocycles. The van der Waals surface area contributed by atoms with Crippen LogP contribution in [-0.4, -0.2) is 48.9 Å². The van der Waals surface area contributed by atoms with Crippen LogP contribution in [0.3, 0.4) is 0 Å². The molecule has 0 aliphatic carbocycles. The Kier molecular flexibility index (Phi) is 8.46. The number of urea groups is 1. The molecule has 4 amide bonds. The van der Waals surface area contributed by atoms with E-state index in [0.717, 1.165) is 12.1 Å². The number of para-hydroxylation sites is 1. The third-order valence-corrected chi connectivity index (χ3v) is 3.35. The number of amides is 4. The molecule has 0 aliphatic rings. The van der Waals surface area contributed by atoms with Gasteiger partial charge in [0, 0.05) is 6.54 Å². The Morgan fingerprint density at radius 3 is 2.37 bits per heavy atom. The molecule has 0 bridgehead atoms. The number of rotatable bonds is 8. The lowest BCUT2D eigenvalue weighted by atomic mass is 10.1. The van der Waals surface area contributed by atoms with Crippen molar-refractivity contribution in [3.63, 3.8) is 0 Å². The zero-order chi connectivity index (χ0) is 20.4. The van der Waals surface area contributed by atoms with Crippen molar-refractivity contribution < 1.29 is 27.6 Å².